The summed E-state index contributed by atoms with van der Waals surface area (Å²) >= 11 is 0. The largest absolute Gasteiger partial charge is 0.301 e. The maximum absolute atomic E-state index is 12.6. The molecule has 0 aliphatic carbocycles. The second-order valence-corrected chi connectivity index (χ2v) is 3.68. The molecular formula is C11H11FN2O2. The van der Waals surface area contributed by atoms with Crippen molar-refractivity contribution in [3.05, 3.63) is 35.6 Å². The zero-order chi connectivity index (χ0) is 11.5. The number of hydrogen-bond donors (Lipinski definition) is 2. The van der Waals surface area contributed by atoms with E-state index in [-0.39, 0.29) is 24.1 Å². The molecule has 16 heavy (non-hydrogen) atoms. The molecule has 84 valence electrons. The van der Waals surface area contributed by atoms with E-state index in [0.29, 0.717) is 6.54 Å². The lowest BCUT2D eigenvalue weighted by Gasteiger charge is -2.08. The van der Waals surface area contributed by atoms with Crippen LogP contribution in [-0.4, -0.2) is 17.9 Å². The molecule has 4 nitrogen and oxygen atoms in total. The fraction of sp³-hybridized carbons (Fsp3) is 0.273. The van der Waals surface area contributed by atoms with Crippen LogP contribution >= 0.6 is 0 Å². The summed E-state index contributed by atoms with van der Waals surface area (Å²) in [5.41, 5.74) is 0.869. The fourth-order valence-electron chi connectivity index (χ4n) is 1.56. The van der Waals surface area contributed by atoms with Gasteiger partial charge in [-0.2, -0.15) is 0 Å². The van der Waals surface area contributed by atoms with E-state index >= 15 is 0 Å². The van der Waals surface area contributed by atoms with E-state index in [2.05, 4.69) is 10.6 Å². The number of rotatable bonds is 3. The van der Waals surface area contributed by atoms with Crippen LogP contribution in [0.1, 0.15) is 12.0 Å². The molecule has 2 N–H and O–H groups in total. The highest BCUT2D eigenvalue weighted by molar-refractivity contribution is 6.05. The van der Waals surface area contributed by atoms with Crippen LogP contribution in [-0.2, 0) is 16.1 Å². The van der Waals surface area contributed by atoms with E-state index < -0.39 is 6.04 Å². The van der Waals surface area contributed by atoms with Crippen molar-refractivity contribution in [2.24, 2.45) is 0 Å². The van der Waals surface area contributed by atoms with Crippen molar-refractivity contribution in [2.75, 3.05) is 0 Å². The van der Waals surface area contributed by atoms with Crippen molar-refractivity contribution in [2.45, 2.75) is 19.0 Å². The second-order valence-electron chi connectivity index (χ2n) is 3.68. The maximum atomic E-state index is 12.6. The highest BCUT2D eigenvalue weighted by Gasteiger charge is 2.29. The van der Waals surface area contributed by atoms with Gasteiger partial charge in [0.15, 0.2) is 0 Å². The lowest BCUT2D eigenvalue weighted by Crippen LogP contribution is -2.35. The number of halogens is 1. The Morgan fingerprint density at radius 3 is 2.56 bits per heavy atom. The molecule has 0 saturated carbocycles. The third-order valence-electron chi connectivity index (χ3n) is 2.43. The van der Waals surface area contributed by atoms with Gasteiger partial charge in [0.25, 0.3) is 0 Å². The zero-order valence-electron chi connectivity index (χ0n) is 8.50. The molecule has 1 aromatic rings. The Balaban J connectivity index is 1.90. The molecule has 0 aromatic heterocycles. The third kappa shape index (κ3) is 2.43. The van der Waals surface area contributed by atoms with Crippen LogP contribution in [0.2, 0.25) is 0 Å². The minimum Gasteiger partial charge on any atom is -0.301 e. The normalized spacial score (nSPS) is 19.9. The van der Waals surface area contributed by atoms with Crippen LogP contribution < -0.4 is 10.6 Å². The predicted molar refractivity (Wildman–Crippen MR) is 54.8 cm³/mol. The minimum atomic E-state index is -0.474. The molecule has 1 atom stereocenters. The standard InChI is InChI=1S/C11H11FN2O2/c12-8-3-1-7(2-4-8)6-13-9-5-10(15)14-11(9)16/h1-4,9,13H,5-6H2,(H,14,15,16)/t9-/m1/s1. The maximum Gasteiger partial charge on any atom is 0.244 e. The fourth-order valence-corrected chi connectivity index (χ4v) is 1.56. The molecule has 0 unspecified atom stereocenters. The van der Waals surface area contributed by atoms with Crippen molar-refractivity contribution in [1.29, 1.82) is 0 Å². The molecular weight excluding hydrogens is 211 g/mol. The van der Waals surface area contributed by atoms with Crippen molar-refractivity contribution >= 4 is 11.8 Å². The van der Waals surface area contributed by atoms with Crippen molar-refractivity contribution in [3.63, 3.8) is 0 Å². The van der Waals surface area contributed by atoms with E-state index in [1.54, 1.807) is 12.1 Å². The Labute approximate surface area is 91.8 Å². The van der Waals surface area contributed by atoms with E-state index in [1.807, 2.05) is 0 Å². The Morgan fingerprint density at radius 2 is 2.00 bits per heavy atom. The van der Waals surface area contributed by atoms with Crippen molar-refractivity contribution < 1.29 is 14.0 Å². The predicted octanol–water partition coefficient (Wildman–Crippen LogP) is 0.330. The lowest BCUT2D eigenvalue weighted by atomic mass is 10.2. The summed E-state index contributed by atoms with van der Waals surface area (Å²) < 4.78 is 12.6. The van der Waals surface area contributed by atoms with Gasteiger partial charge in [-0.1, -0.05) is 12.1 Å². The zero-order valence-corrected chi connectivity index (χ0v) is 8.50. The molecule has 1 aliphatic rings. The molecule has 1 aromatic carbocycles. The van der Waals surface area contributed by atoms with Gasteiger partial charge in [0, 0.05) is 6.54 Å². The van der Waals surface area contributed by atoms with Gasteiger partial charge in [0.1, 0.15) is 5.82 Å². The molecule has 2 rings (SSSR count). The van der Waals surface area contributed by atoms with Gasteiger partial charge >= 0.3 is 0 Å². The van der Waals surface area contributed by atoms with Crippen LogP contribution in [0.5, 0.6) is 0 Å². The van der Waals surface area contributed by atoms with E-state index in [4.69, 9.17) is 0 Å². The molecule has 0 spiro atoms. The molecule has 0 radical (unpaired) electrons. The smallest absolute Gasteiger partial charge is 0.244 e. The van der Waals surface area contributed by atoms with Crippen LogP contribution in [0.4, 0.5) is 4.39 Å². The summed E-state index contributed by atoms with van der Waals surface area (Å²) in [6.45, 7) is 0.436. The molecule has 1 fully saturated rings. The molecule has 1 aliphatic heterocycles. The van der Waals surface area contributed by atoms with Crippen molar-refractivity contribution in [3.8, 4) is 0 Å². The molecule has 1 saturated heterocycles. The third-order valence-corrected chi connectivity index (χ3v) is 2.43. The first-order valence-corrected chi connectivity index (χ1v) is 4.96. The van der Waals surface area contributed by atoms with Crippen LogP contribution in [0.3, 0.4) is 0 Å². The summed E-state index contributed by atoms with van der Waals surface area (Å²) in [6, 6.07) is 5.51. The van der Waals surface area contributed by atoms with Crippen LogP contribution in [0.15, 0.2) is 24.3 Å². The van der Waals surface area contributed by atoms with Gasteiger partial charge < -0.3 is 5.32 Å². The summed E-state index contributed by atoms with van der Waals surface area (Å²) in [7, 11) is 0. The molecule has 2 amide bonds. The number of nitrogens with one attached hydrogen (secondary N) is 2. The highest BCUT2D eigenvalue weighted by atomic mass is 19.1. The van der Waals surface area contributed by atoms with E-state index in [0.717, 1.165) is 5.56 Å². The van der Waals surface area contributed by atoms with Gasteiger partial charge in [-0.3, -0.25) is 14.9 Å². The summed E-state index contributed by atoms with van der Waals surface area (Å²) in [5.74, 6) is -0.855. The average Bonchev–Trinajstić information content (AvgIpc) is 2.57. The van der Waals surface area contributed by atoms with Gasteiger partial charge in [-0.25, -0.2) is 4.39 Å². The number of imide groups is 1. The Bertz CT molecular complexity index is 416. The minimum absolute atomic E-state index is 0.167. The first-order valence-electron chi connectivity index (χ1n) is 4.96. The van der Waals surface area contributed by atoms with Gasteiger partial charge in [0.2, 0.25) is 11.8 Å². The topological polar surface area (TPSA) is 58.2 Å². The van der Waals surface area contributed by atoms with Gasteiger partial charge in [-0.05, 0) is 17.7 Å². The SMILES string of the molecule is O=C1C[C@@H](NCc2ccc(F)cc2)C(=O)N1. The number of carbonyl (C=O) groups excluding carboxylic acids is 2. The van der Waals surface area contributed by atoms with Crippen LogP contribution in [0, 0.1) is 5.82 Å². The number of amides is 2. The lowest BCUT2D eigenvalue weighted by molar-refractivity contribution is -0.125. The van der Waals surface area contributed by atoms with E-state index in [9.17, 15) is 14.0 Å². The quantitative estimate of drug-likeness (QED) is 0.725. The molecule has 5 heteroatoms. The van der Waals surface area contributed by atoms with Gasteiger partial charge in [-0.15, -0.1) is 0 Å². The van der Waals surface area contributed by atoms with Crippen LogP contribution in [0.25, 0.3) is 0 Å². The van der Waals surface area contributed by atoms with Crippen molar-refractivity contribution in [1.82, 2.24) is 10.6 Å². The first-order chi connectivity index (χ1) is 7.65. The summed E-state index contributed by atoms with van der Waals surface area (Å²) in [4.78, 5) is 22.1. The Kier molecular flexibility index (Phi) is 2.96. The molecule has 1 heterocycles. The summed E-state index contributed by atoms with van der Waals surface area (Å²) in [5, 5.41) is 5.15. The second kappa shape index (κ2) is 4.40. The first kappa shape index (κ1) is 10.8. The average molecular weight is 222 g/mol. The number of hydrogen-bond acceptors (Lipinski definition) is 3. The van der Waals surface area contributed by atoms with Gasteiger partial charge in [0.05, 0.1) is 12.5 Å². The highest BCUT2D eigenvalue weighted by Crippen LogP contribution is 2.05. The monoisotopic (exact) mass is 222 g/mol. The summed E-state index contributed by atoms with van der Waals surface area (Å²) in [6.07, 6.45) is 0.167. The number of carbonyl (C=O) groups is 2. The Hall–Kier alpha value is -1.75. The number of benzene rings is 1. The Morgan fingerprint density at radius 1 is 1.31 bits per heavy atom. The van der Waals surface area contributed by atoms with E-state index in [1.165, 1.54) is 12.1 Å². The molecule has 0 bridgehead atoms.